The van der Waals surface area contributed by atoms with Crippen LogP contribution in [-0.2, 0) is 13.0 Å². The highest BCUT2D eigenvalue weighted by Gasteiger charge is 2.14. The molecule has 1 N–H and O–H groups in total. The van der Waals surface area contributed by atoms with E-state index in [1.54, 1.807) is 0 Å². The zero-order valence-corrected chi connectivity index (χ0v) is 11.9. The summed E-state index contributed by atoms with van der Waals surface area (Å²) in [4.78, 5) is 9.08. The Labute approximate surface area is 119 Å². The van der Waals surface area contributed by atoms with Crippen LogP contribution in [0.1, 0.15) is 25.5 Å². The first-order chi connectivity index (χ1) is 9.85. The Kier molecular flexibility index (Phi) is 4.06. The summed E-state index contributed by atoms with van der Waals surface area (Å²) in [7, 11) is 0. The molecule has 3 rings (SSSR count). The molecule has 3 heterocycles. The van der Waals surface area contributed by atoms with E-state index in [4.69, 9.17) is 0 Å². The molecule has 2 aromatic heterocycles. The summed E-state index contributed by atoms with van der Waals surface area (Å²) in [5.74, 6) is 0.701. The van der Waals surface area contributed by atoms with Gasteiger partial charge >= 0.3 is 0 Å². The van der Waals surface area contributed by atoms with Crippen molar-refractivity contribution in [1.29, 1.82) is 0 Å². The lowest BCUT2D eigenvalue weighted by atomic mass is 9.95. The van der Waals surface area contributed by atoms with Crippen molar-refractivity contribution in [3.05, 3.63) is 30.5 Å². The maximum absolute atomic E-state index is 4.56. The molecule has 0 radical (unpaired) electrons. The van der Waals surface area contributed by atoms with Crippen molar-refractivity contribution in [2.24, 2.45) is 5.92 Å². The van der Waals surface area contributed by atoms with Crippen LogP contribution in [0.5, 0.6) is 0 Å². The van der Waals surface area contributed by atoms with Gasteiger partial charge < -0.3 is 5.32 Å². The van der Waals surface area contributed by atoms with Crippen LogP contribution in [0.15, 0.2) is 24.8 Å². The maximum atomic E-state index is 4.56. The quantitative estimate of drug-likeness (QED) is 0.923. The van der Waals surface area contributed by atoms with Crippen LogP contribution in [0.25, 0.3) is 11.3 Å². The molecule has 106 valence electrons. The second-order valence-corrected chi connectivity index (χ2v) is 5.39. The number of nitrogens with zero attached hydrogens (tertiary/aromatic N) is 4. The minimum Gasteiger partial charge on any atom is -0.316 e. The Balaban J connectivity index is 1.67. The van der Waals surface area contributed by atoms with Gasteiger partial charge in [-0.15, -0.1) is 0 Å². The Morgan fingerprint density at radius 2 is 2.25 bits per heavy atom. The van der Waals surface area contributed by atoms with Crippen LogP contribution >= 0.6 is 0 Å². The molecule has 2 aromatic rings. The molecule has 1 aliphatic heterocycles. The molecule has 0 unspecified atom stereocenters. The molecule has 5 heteroatoms. The third-order valence-corrected chi connectivity index (χ3v) is 3.86. The van der Waals surface area contributed by atoms with Gasteiger partial charge in [0.05, 0.1) is 23.8 Å². The van der Waals surface area contributed by atoms with Crippen LogP contribution < -0.4 is 5.32 Å². The lowest BCUT2D eigenvalue weighted by Gasteiger charge is -2.22. The molecule has 0 aliphatic carbocycles. The second-order valence-electron chi connectivity index (χ2n) is 5.39. The average molecular weight is 271 g/mol. The highest BCUT2D eigenvalue weighted by atomic mass is 15.3. The molecule has 0 aromatic carbocycles. The van der Waals surface area contributed by atoms with E-state index in [2.05, 4.69) is 27.3 Å². The molecule has 1 saturated heterocycles. The van der Waals surface area contributed by atoms with Crippen LogP contribution in [0.4, 0.5) is 0 Å². The normalized spacial score (nSPS) is 19.1. The van der Waals surface area contributed by atoms with E-state index in [1.807, 2.05) is 29.5 Å². The molecule has 0 bridgehead atoms. The Hall–Kier alpha value is -1.75. The number of aryl methyl sites for hydroxylation is 1. The summed E-state index contributed by atoms with van der Waals surface area (Å²) >= 11 is 0. The van der Waals surface area contributed by atoms with Crippen molar-refractivity contribution in [2.45, 2.75) is 32.7 Å². The number of nitrogens with one attached hydrogen (secondary N) is 1. The topological polar surface area (TPSA) is 55.6 Å². The summed E-state index contributed by atoms with van der Waals surface area (Å²) in [6.07, 6.45) is 11.2. The van der Waals surface area contributed by atoms with Crippen molar-refractivity contribution < 1.29 is 0 Å². The molecule has 0 saturated carbocycles. The first-order valence-corrected chi connectivity index (χ1v) is 7.39. The molecular weight excluding hydrogens is 250 g/mol. The van der Waals surface area contributed by atoms with Gasteiger partial charge in [-0.1, -0.05) is 0 Å². The molecule has 1 fully saturated rings. The molecular formula is C15H21N5. The lowest BCUT2D eigenvalue weighted by Crippen LogP contribution is -2.31. The largest absolute Gasteiger partial charge is 0.316 e. The van der Waals surface area contributed by atoms with Gasteiger partial charge in [0, 0.05) is 24.5 Å². The monoisotopic (exact) mass is 271 g/mol. The van der Waals surface area contributed by atoms with Crippen LogP contribution in [-0.4, -0.2) is 32.8 Å². The fourth-order valence-corrected chi connectivity index (χ4v) is 2.67. The third-order valence-electron chi connectivity index (χ3n) is 3.86. The minimum atomic E-state index is 0.701. The maximum Gasteiger partial charge on any atom is 0.0916 e. The SMILES string of the molecule is CCn1cc(-c2cnc(C[C@H]3CCCNC3)cn2)cn1. The average Bonchev–Trinajstić information content (AvgIpc) is 2.98. The smallest absolute Gasteiger partial charge is 0.0916 e. The summed E-state index contributed by atoms with van der Waals surface area (Å²) in [6.45, 7) is 5.21. The fraction of sp³-hybridized carbons (Fsp3) is 0.533. The summed E-state index contributed by atoms with van der Waals surface area (Å²) < 4.78 is 1.90. The highest BCUT2D eigenvalue weighted by Crippen LogP contribution is 2.17. The first-order valence-electron chi connectivity index (χ1n) is 7.39. The number of rotatable bonds is 4. The Morgan fingerprint density at radius 3 is 2.90 bits per heavy atom. The lowest BCUT2D eigenvalue weighted by molar-refractivity contribution is 0.373. The van der Waals surface area contributed by atoms with Crippen molar-refractivity contribution >= 4 is 0 Å². The van der Waals surface area contributed by atoms with Gasteiger partial charge in [-0.25, -0.2) is 0 Å². The molecule has 1 atom stereocenters. The van der Waals surface area contributed by atoms with E-state index in [0.717, 1.165) is 43.0 Å². The van der Waals surface area contributed by atoms with Crippen molar-refractivity contribution in [1.82, 2.24) is 25.1 Å². The molecule has 5 nitrogen and oxygen atoms in total. The van der Waals surface area contributed by atoms with Gasteiger partial charge in [0.1, 0.15) is 0 Å². The van der Waals surface area contributed by atoms with E-state index in [-0.39, 0.29) is 0 Å². The van der Waals surface area contributed by atoms with Crippen molar-refractivity contribution in [3.63, 3.8) is 0 Å². The van der Waals surface area contributed by atoms with Crippen molar-refractivity contribution in [3.8, 4) is 11.3 Å². The minimum absolute atomic E-state index is 0.701. The highest BCUT2D eigenvalue weighted by molar-refractivity contribution is 5.55. The van der Waals surface area contributed by atoms with E-state index in [0.29, 0.717) is 5.92 Å². The second kappa shape index (κ2) is 6.13. The van der Waals surface area contributed by atoms with Crippen LogP contribution in [0.2, 0.25) is 0 Å². The number of hydrogen-bond acceptors (Lipinski definition) is 4. The summed E-state index contributed by atoms with van der Waals surface area (Å²) in [6, 6.07) is 0. The van der Waals surface area contributed by atoms with E-state index >= 15 is 0 Å². The van der Waals surface area contributed by atoms with Gasteiger partial charge in [-0.05, 0) is 45.2 Å². The predicted octanol–water partition coefficient (Wildman–Crippen LogP) is 1.90. The van der Waals surface area contributed by atoms with Gasteiger partial charge in [0.15, 0.2) is 0 Å². The fourth-order valence-electron chi connectivity index (χ4n) is 2.67. The van der Waals surface area contributed by atoms with E-state index in [9.17, 15) is 0 Å². The van der Waals surface area contributed by atoms with Gasteiger partial charge in [0.2, 0.25) is 0 Å². The summed E-state index contributed by atoms with van der Waals surface area (Å²) in [5.41, 5.74) is 3.02. The number of aromatic nitrogens is 4. The Morgan fingerprint density at radius 1 is 1.30 bits per heavy atom. The first kappa shape index (κ1) is 13.2. The molecule has 0 amide bonds. The standard InChI is InChI=1S/C15H21N5/c1-2-20-11-13(8-19-20)15-10-17-14(9-18-15)6-12-4-3-5-16-7-12/h8-12,16H,2-7H2,1H3/t12-/m1/s1. The van der Waals surface area contributed by atoms with Gasteiger partial charge in [-0.3, -0.25) is 14.6 Å². The van der Waals surface area contributed by atoms with Crippen LogP contribution in [0.3, 0.4) is 0 Å². The van der Waals surface area contributed by atoms with Gasteiger partial charge in [-0.2, -0.15) is 5.10 Å². The predicted molar refractivity (Wildman–Crippen MR) is 78.2 cm³/mol. The zero-order chi connectivity index (χ0) is 13.8. The van der Waals surface area contributed by atoms with E-state index < -0.39 is 0 Å². The van der Waals surface area contributed by atoms with Crippen molar-refractivity contribution in [2.75, 3.05) is 13.1 Å². The van der Waals surface area contributed by atoms with Gasteiger partial charge in [0.25, 0.3) is 0 Å². The number of hydrogen-bond donors (Lipinski definition) is 1. The molecule has 1 aliphatic rings. The summed E-state index contributed by atoms with van der Waals surface area (Å²) in [5, 5.41) is 7.71. The Bertz CT molecular complexity index is 540. The third kappa shape index (κ3) is 3.04. The number of piperidine rings is 1. The molecule has 0 spiro atoms. The zero-order valence-electron chi connectivity index (χ0n) is 11.9. The molecule has 20 heavy (non-hydrogen) atoms. The van der Waals surface area contributed by atoms with E-state index in [1.165, 1.54) is 12.8 Å². The van der Waals surface area contributed by atoms with Crippen LogP contribution in [0, 0.1) is 5.92 Å².